The smallest absolute Gasteiger partial charge is 0.0142 e. The van der Waals surface area contributed by atoms with Crippen LogP contribution in [-0.4, -0.2) is 36.1 Å². The van der Waals surface area contributed by atoms with Crippen LogP contribution >= 0.6 is 0 Å². The number of nitrogens with one attached hydrogen (secondary N) is 1. The third kappa shape index (κ3) is 3.19. The molecule has 2 saturated carbocycles. The molecule has 2 aliphatic carbocycles. The minimum absolute atomic E-state index is 0.680. The van der Waals surface area contributed by atoms with Crippen molar-refractivity contribution in [2.75, 3.05) is 13.1 Å². The Hall–Kier alpha value is -1.12. The maximum Gasteiger partial charge on any atom is 0.0142 e. The molecule has 4 rings (SSSR count). The molecule has 0 amide bonds. The van der Waals surface area contributed by atoms with Gasteiger partial charge in [-0.05, 0) is 56.4 Å². The second kappa shape index (κ2) is 6.31. The van der Waals surface area contributed by atoms with Crippen molar-refractivity contribution >= 4 is 6.08 Å². The average molecular weight is 325 g/mol. The number of hydrogen-bond donors (Lipinski definition) is 1. The van der Waals surface area contributed by atoms with Crippen molar-refractivity contribution in [2.24, 2.45) is 11.3 Å². The highest BCUT2D eigenvalue weighted by atomic mass is 15.2. The Kier molecular flexibility index (Phi) is 4.30. The van der Waals surface area contributed by atoms with Gasteiger partial charge in [0.2, 0.25) is 0 Å². The van der Waals surface area contributed by atoms with Gasteiger partial charge >= 0.3 is 0 Å². The summed E-state index contributed by atoms with van der Waals surface area (Å²) in [6.45, 7) is 9.62. The summed E-state index contributed by atoms with van der Waals surface area (Å²) in [6, 6.07) is 13.0. The molecule has 2 heteroatoms. The van der Waals surface area contributed by atoms with Crippen LogP contribution in [0.25, 0.3) is 6.08 Å². The molecule has 130 valence electrons. The van der Waals surface area contributed by atoms with E-state index in [0.717, 1.165) is 24.0 Å². The monoisotopic (exact) mass is 324 g/mol. The number of benzene rings is 1. The van der Waals surface area contributed by atoms with Gasteiger partial charge < -0.3 is 5.32 Å². The Morgan fingerprint density at radius 3 is 2.58 bits per heavy atom. The zero-order valence-corrected chi connectivity index (χ0v) is 15.5. The first-order valence-corrected chi connectivity index (χ1v) is 9.84. The third-order valence-corrected chi connectivity index (χ3v) is 6.44. The van der Waals surface area contributed by atoms with Crippen LogP contribution in [0.1, 0.15) is 52.0 Å². The van der Waals surface area contributed by atoms with E-state index in [-0.39, 0.29) is 0 Å². The fourth-order valence-corrected chi connectivity index (χ4v) is 4.87. The predicted octanol–water partition coefficient (Wildman–Crippen LogP) is 4.33. The Morgan fingerprint density at radius 1 is 1.25 bits per heavy atom. The van der Waals surface area contributed by atoms with Gasteiger partial charge in [-0.25, -0.2) is 0 Å². The molecule has 1 N–H and O–H groups in total. The van der Waals surface area contributed by atoms with Crippen LogP contribution in [-0.2, 0) is 0 Å². The van der Waals surface area contributed by atoms with Crippen molar-refractivity contribution in [3.05, 3.63) is 41.5 Å². The highest BCUT2D eigenvalue weighted by Crippen LogP contribution is 2.50. The molecule has 1 aliphatic heterocycles. The highest BCUT2D eigenvalue weighted by molar-refractivity contribution is 5.54. The molecule has 1 aromatic rings. The molecule has 3 aliphatic rings. The third-order valence-electron chi connectivity index (χ3n) is 6.44. The molecular weight excluding hydrogens is 292 g/mol. The fourth-order valence-electron chi connectivity index (χ4n) is 4.87. The van der Waals surface area contributed by atoms with E-state index >= 15 is 0 Å². The molecule has 1 spiro atoms. The van der Waals surface area contributed by atoms with E-state index in [1.807, 2.05) is 0 Å². The van der Waals surface area contributed by atoms with Crippen LogP contribution in [0.5, 0.6) is 0 Å². The van der Waals surface area contributed by atoms with Crippen molar-refractivity contribution in [2.45, 2.75) is 64.6 Å². The molecule has 0 aromatic heterocycles. The molecular formula is C22H32N2. The summed E-state index contributed by atoms with van der Waals surface area (Å²) in [5.74, 6) is 0.778. The second-order valence-corrected chi connectivity index (χ2v) is 8.70. The topological polar surface area (TPSA) is 15.3 Å². The number of likely N-dealkylation sites (tertiary alicyclic amines) is 1. The number of hydrogen-bond acceptors (Lipinski definition) is 2. The molecule has 1 heterocycles. The number of nitrogens with zero attached hydrogens (tertiary/aromatic N) is 1. The van der Waals surface area contributed by atoms with Crippen LogP contribution in [0.4, 0.5) is 0 Å². The first kappa shape index (κ1) is 16.4. The highest BCUT2D eigenvalue weighted by Gasteiger charge is 2.54. The van der Waals surface area contributed by atoms with Gasteiger partial charge in [-0.15, -0.1) is 0 Å². The van der Waals surface area contributed by atoms with E-state index in [0.29, 0.717) is 5.41 Å². The van der Waals surface area contributed by atoms with Crippen molar-refractivity contribution in [1.82, 2.24) is 10.2 Å². The molecule has 1 aromatic carbocycles. The van der Waals surface area contributed by atoms with Crippen molar-refractivity contribution in [3.63, 3.8) is 0 Å². The first-order valence-electron chi connectivity index (χ1n) is 9.84. The van der Waals surface area contributed by atoms with Crippen LogP contribution in [0.3, 0.4) is 0 Å². The lowest BCUT2D eigenvalue weighted by Gasteiger charge is -2.60. The largest absolute Gasteiger partial charge is 0.311 e. The first-order chi connectivity index (χ1) is 11.6. The van der Waals surface area contributed by atoms with E-state index in [4.69, 9.17) is 0 Å². The Labute approximate surface area is 147 Å². The fraction of sp³-hybridized carbons (Fsp3) is 0.636. The average Bonchev–Trinajstić information content (AvgIpc) is 3.25. The van der Waals surface area contributed by atoms with E-state index in [2.05, 4.69) is 67.4 Å². The molecule has 0 unspecified atom stereocenters. The lowest BCUT2D eigenvalue weighted by atomic mass is 9.60. The van der Waals surface area contributed by atoms with Crippen molar-refractivity contribution in [3.8, 4) is 0 Å². The van der Waals surface area contributed by atoms with Gasteiger partial charge in [0.15, 0.2) is 0 Å². The zero-order chi connectivity index (χ0) is 16.7. The van der Waals surface area contributed by atoms with Crippen molar-refractivity contribution in [1.29, 1.82) is 0 Å². The molecule has 3 fully saturated rings. The Balaban J connectivity index is 1.25. The summed E-state index contributed by atoms with van der Waals surface area (Å²) < 4.78 is 0. The lowest BCUT2D eigenvalue weighted by Crippen LogP contribution is -2.67. The molecule has 24 heavy (non-hydrogen) atoms. The summed E-state index contributed by atoms with van der Waals surface area (Å²) in [5, 5.41) is 3.95. The minimum atomic E-state index is 0.680. The van der Waals surface area contributed by atoms with Gasteiger partial charge in [0.05, 0.1) is 0 Å². The summed E-state index contributed by atoms with van der Waals surface area (Å²) in [4.78, 5) is 2.62. The van der Waals surface area contributed by atoms with E-state index in [9.17, 15) is 0 Å². The Morgan fingerprint density at radius 2 is 1.96 bits per heavy atom. The van der Waals surface area contributed by atoms with Crippen LogP contribution in [0.15, 0.2) is 35.9 Å². The molecule has 0 bridgehead atoms. The van der Waals surface area contributed by atoms with Gasteiger partial charge in [0.25, 0.3) is 0 Å². The maximum absolute atomic E-state index is 3.95. The number of rotatable bonds is 6. The van der Waals surface area contributed by atoms with Gasteiger partial charge in [-0.1, -0.05) is 48.9 Å². The van der Waals surface area contributed by atoms with E-state index in [1.54, 1.807) is 5.57 Å². The molecule has 2 nitrogen and oxygen atoms in total. The van der Waals surface area contributed by atoms with Gasteiger partial charge in [0, 0.05) is 31.2 Å². The van der Waals surface area contributed by atoms with Gasteiger partial charge in [-0.3, -0.25) is 4.90 Å². The SMILES string of the molecule is CC/C(=C\c1ccccc1)[C@@H]1C[C@H]1NC1CC2(C1)CN(C(C)C)C2. The van der Waals surface area contributed by atoms with Crippen LogP contribution in [0, 0.1) is 11.3 Å². The second-order valence-electron chi connectivity index (χ2n) is 8.70. The zero-order valence-electron chi connectivity index (χ0n) is 15.5. The van der Waals surface area contributed by atoms with Crippen LogP contribution in [0.2, 0.25) is 0 Å². The van der Waals surface area contributed by atoms with Crippen LogP contribution < -0.4 is 5.32 Å². The quantitative estimate of drug-likeness (QED) is 0.838. The Bertz CT molecular complexity index is 590. The lowest BCUT2D eigenvalue weighted by molar-refractivity contribution is -0.0932. The van der Waals surface area contributed by atoms with Gasteiger partial charge in [-0.2, -0.15) is 0 Å². The normalized spacial score (nSPS) is 29.6. The summed E-state index contributed by atoms with van der Waals surface area (Å²) in [7, 11) is 0. The molecule has 0 radical (unpaired) electrons. The van der Waals surface area contributed by atoms with E-state index < -0.39 is 0 Å². The van der Waals surface area contributed by atoms with Crippen molar-refractivity contribution < 1.29 is 0 Å². The van der Waals surface area contributed by atoms with Gasteiger partial charge in [0.1, 0.15) is 0 Å². The summed E-state index contributed by atoms with van der Waals surface area (Å²) in [6.07, 6.45) is 7.75. The summed E-state index contributed by atoms with van der Waals surface area (Å²) in [5.41, 5.74) is 3.66. The minimum Gasteiger partial charge on any atom is -0.311 e. The molecule has 1 saturated heterocycles. The molecule has 2 atom stereocenters. The maximum atomic E-state index is 3.95. The standard InChI is InChI=1S/C22H32N2/c1-4-18(10-17-8-6-5-7-9-17)20-11-21(20)23-19-12-22(13-19)14-24(15-22)16(2)3/h5-10,16,19-21,23H,4,11-15H2,1-3H3/b18-10+/t20-,21+/m0/s1. The van der Waals surface area contributed by atoms with E-state index in [1.165, 1.54) is 44.3 Å². The summed E-state index contributed by atoms with van der Waals surface area (Å²) >= 11 is 0. The predicted molar refractivity (Wildman–Crippen MR) is 102 cm³/mol.